The number of carbonyl (C=O) groups excluding carboxylic acids is 3. The first-order valence-electron chi connectivity index (χ1n) is 8.55. The summed E-state index contributed by atoms with van der Waals surface area (Å²) in [5.74, 6) is -2.13. The van der Waals surface area contributed by atoms with Gasteiger partial charge < -0.3 is 15.8 Å². The highest BCUT2D eigenvalue weighted by Gasteiger charge is 2.20. The number of rotatable bonds is 8. The van der Waals surface area contributed by atoms with Crippen LogP contribution in [0.25, 0.3) is 0 Å². The maximum Gasteiger partial charge on any atom is 0.321 e. The van der Waals surface area contributed by atoms with Gasteiger partial charge in [0, 0.05) is 11.3 Å². The van der Waals surface area contributed by atoms with E-state index in [0.29, 0.717) is 5.69 Å². The number of sulfonamides is 1. The summed E-state index contributed by atoms with van der Waals surface area (Å²) >= 11 is 0. The maximum atomic E-state index is 12.2. The lowest BCUT2D eigenvalue weighted by atomic mass is 10.2. The summed E-state index contributed by atoms with van der Waals surface area (Å²) in [5, 5.41) is 2.51. The van der Waals surface area contributed by atoms with Crippen LogP contribution < -0.4 is 15.8 Å². The van der Waals surface area contributed by atoms with Crippen LogP contribution in [-0.2, 0) is 24.3 Å². The normalized spacial score (nSPS) is 12.1. The van der Waals surface area contributed by atoms with Crippen molar-refractivity contribution in [3.8, 4) is 0 Å². The molecule has 0 unspecified atom stereocenters. The van der Waals surface area contributed by atoms with Gasteiger partial charge in [-0.3, -0.25) is 14.4 Å². The zero-order valence-corrected chi connectivity index (χ0v) is 16.7. The highest BCUT2D eigenvalue weighted by atomic mass is 32.2. The largest absolute Gasteiger partial charge is 0.452 e. The molecule has 0 bridgehead atoms. The van der Waals surface area contributed by atoms with Crippen LogP contribution >= 0.6 is 0 Å². The van der Waals surface area contributed by atoms with E-state index in [1.165, 1.54) is 43.3 Å². The Labute approximate surface area is 168 Å². The Balaban J connectivity index is 1.86. The van der Waals surface area contributed by atoms with Gasteiger partial charge in [0.2, 0.25) is 15.9 Å². The Morgan fingerprint density at radius 3 is 2.17 bits per heavy atom. The molecule has 0 aromatic heterocycles. The third kappa shape index (κ3) is 6.40. The first kappa shape index (κ1) is 22.1. The lowest BCUT2D eigenvalue weighted by Crippen LogP contribution is -2.35. The van der Waals surface area contributed by atoms with E-state index >= 15 is 0 Å². The molecule has 1 atom stereocenters. The van der Waals surface area contributed by atoms with Crippen molar-refractivity contribution in [3.05, 3.63) is 59.7 Å². The Kier molecular flexibility index (Phi) is 7.08. The van der Waals surface area contributed by atoms with E-state index in [0.717, 1.165) is 5.56 Å². The molecule has 2 amide bonds. The molecule has 2 aromatic carbocycles. The van der Waals surface area contributed by atoms with Gasteiger partial charge in [-0.05, 0) is 50.2 Å². The molecule has 0 heterocycles. The van der Waals surface area contributed by atoms with Crippen molar-refractivity contribution in [2.24, 2.45) is 5.73 Å². The number of carbonyl (C=O) groups is 3. The standard InChI is InChI=1S/C19H21N3O6S/c1-12-3-9-16(10-4-12)29(26,27)21-11-17(23)28-13(2)19(25)22-15-7-5-14(6-8-15)18(20)24/h3-10,13,21H,11H2,1-2H3,(H2,20,24)(H,22,25)/t13-/m0/s1. The minimum atomic E-state index is -3.88. The van der Waals surface area contributed by atoms with Gasteiger partial charge in [-0.1, -0.05) is 17.7 Å². The van der Waals surface area contributed by atoms with E-state index in [9.17, 15) is 22.8 Å². The molecular formula is C19H21N3O6S. The second-order valence-corrected chi connectivity index (χ2v) is 7.97. The number of ether oxygens (including phenoxy) is 1. The van der Waals surface area contributed by atoms with E-state index in [1.807, 2.05) is 6.92 Å². The number of benzene rings is 2. The Morgan fingerprint density at radius 2 is 1.62 bits per heavy atom. The second-order valence-electron chi connectivity index (χ2n) is 6.20. The van der Waals surface area contributed by atoms with Gasteiger partial charge in [0.15, 0.2) is 6.10 Å². The molecule has 29 heavy (non-hydrogen) atoms. The second kappa shape index (κ2) is 9.30. The average Bonchev–Trinajstić information content (AvgIpc) is 2.67. The minimum absolute atomic E-state index is 0.0149. The van der Waals surface area contributed by atoms with Crippen LogP contribution in [0.15, 0.2) is 53.4 Å². The summed E-state index contributed by atoms with van der Waals surface area (Å²) in [5.41, 5.74) is 6.69. The third-order valence-electron chi connectivity index (χ3n) is 3.85. The van der Waals surface area contributed by atoms with Crippen molar-refractivity contribution >= 4 is 33.5 Å². The van der Waals surface area contributed by atoms with Gasteiger partial charge in [0.25, 0.3) is 5.91 Å². The van der Waals surface area contributed by atoms with Crippen LogP contribution in [0, 0.1) is 6.92 Å². The van der Waals surface area contributed by atoms with Gasteiger partial charge in [-0.25, -0.2) is 8.42 Å². The van der Waals surface area contributed by atoms with Crippen LogP contribution in [-0.4, -0.2) is 38.9 Å². The highest BCUT2D eigenvalue weighted by molar-refractivity contribution is 7.89. The molecular weight excluding hydrogens is 398 g/mol. The fourth-order valence-corrected chi connectivity index (χ4v) is 3.18. The first-order chi connectivity index (χ1) is 13.6. The molecule has 10 heteroatoms. The maximum absolute atomic E-state index is 12.2. The zero-order chi connectivity index (χ0) is 21.6. The van der Waals surface area contributed by atoms with Crippen LogP contribution in [0.5, 0.6) is 0 Å². The summed E-state index contributed by atoms with van der Waals surface area (Å²) in [6.07, 6.45) is -1.16. The Hall–Kier alpha value is -3.24. The van der Waals surface area contributed by atoms with E-state index in [-0.39, 0.29) is 10.5 Å². The van der Waals surface area contributed by atoms with E-state index in [1.54, 1.807) is 12.1 Å². The molecule has 0 saturated heterocycles. The van der Waals surface area contributed by atoms with Gasteiger partial charge in [-0.15, -0.1) is 0 Å². The number of anilines is 1. The van der Waals surface area contributed by atoms with Crippen molar-refractivity contribution in [2.45, 2.75) is 24.8 Å². The van der Waals surface area contributed by atoms with Gasteiger partial charge in [0.05, 0.1) is 4.90 Å². The summed E-state index contributed by atoms with van der Waals surface area (Å²) < 4.78 is 31.4. The summed E-state index contributed by atoms with van der Waals surface area (Å²) in [6.45, 7) is 2.54. The van der Waals surface area contributed by atoms with Crippen molar-refractivity contribution in [1.82, 2.24) is 4.72 Å². The number of hydrogen-bond donors (Lipinski definition) is 3. The molecule has 0 aliphatic heterocycles. The number of esters is 1. The van der Waals surface area contributed by atoms with Gasteiger partial charge in [0.1, 0.15) is 6.54 Å². The van der Waals surface area contributed by atoms with Crippen LogP contribution in [0.3, 0.4) is 0 Å². The molecule has 4 N–H and O–H groups in total. The topological polar surface area (TPSA) is 145 Å². The fraction of sp³-hybridized carbons (Fsp3) is 0.211. The third-order valence-corrected chi connectivity index (χ3v) is 5.27. The molecule has 9 nitrogen and oxygen atoms in total. The lowest BCUT2D eigenvalue weighted by molar-refractivity contribution is -0.151. The quantitative estimate of drug-likeness (QED) is 0.543. The summed E-state index contributed by atoms with van der Waals surface area (Å²) in [7, 11) is -3.88. The summed E-state index contributed by atoms with van der Waals surface area (Å²) in [4.78, 5) is 35.0. The average molecular weight is 419 g/mol. The number of nitrogens with two attached hydrogens (primary N) is 1. The number of hydrogen-bond acceptors (Lipinski definition) is 6. The summed E-state index contributed by atoms with van der Waals surface area (Å²) in [6, 6.07) is 11.9. The van der Waals surface area contributed by atoms with Gasteiger partial charge >= 0.3 is 5.97 Å². The minimum Gasteiger partial charge on any atom is -0.452 e. The van der Waals surface area contributed by atoms with E-state index < -0.39 is 40.5 Å². The molecule has 2 aromatic rings. The van der Waals surface area contributed by atoms with Crippen molar-refractivity contribution in [1.29, 1.82) is 0 Å². The van der Waals surface area contributed by atoms with E-state index in [2.05, 4.69) is 10.0 Å². The Morgan fingerprint density at radius 1 is 1.03 bits per heavy atom. The van der Waals surface area contributed by atoms with Crippen LogP contribution in [0.2, 0.25) is 0 Å². The molecule has 0 radical (unpaired) electrons. The molecule has 0 spiro atoms. The molecule has 0 aliphatic carbocycles. The van der Waals surface area contributed by atoms with Crippen molar-refractivity contribution < 1.29 is 27.5 Å². The highest BCUT2D eigenvalue weighted by Crippen LogP contribution is 2.11. The number of nitrogens with one attached hydrogen (secondary N) is 2. The van der Waals surface area contributed by atoms with Crippen molar-refractivity contribution in [3.63, 3.8) is 0 Å². The molecule has 0 fully saturated rings. The number of amides is 2. The number of primary amides is 1. The molecule has 0 aliphatic rings. The number of aryl methyl sites for hydroxylation is 1. The van der Waals surface area contributed by atoms with E-state index in [4.69, 9.17) is 10.5 Å². The van der Waals surface area contributed by atoms with Crippen LogP contribution in [0.1, 0.15) is 22.8 Å². The Bertz CT molecular complexity index is 1000. The molecule has 2 rings (SSSR count). The van der Waals surface area contributed by atoms with Crippen molar-refractivity contribution in [2.75, 3.05) is 11.9 Å². The first-order valence-corrected chi connectivity index (χ1v) is 10.0. The predicted octanol–water partition coefficient (Wildman–Crippen LogP) is 0.943. The SMILES string of the molecule is Cc1ccc(S(=O)(=O)NCC(=O)O[C@@H](C)C(=O)Nc2ccc(C(N)=O)cc2)cc1. The molecule has 0 saturated carbocycles. The fourth-order valence-electron chi connectivity index (χ4n) is 2.21. The molecule has 154 valence electrons. The lowest BCUT2D eigenvalue weighted by Gasteiger charge is -2.14. The monoisotopic (exact) mass is 419 g/mol. The predicted molar refractivity (Wildman–Crippen MR) is 106 cm³/mol. The smallest absolute Gasteiger partial charge is 0.321 e. The van der Waals surface area contributed by atoms with Gasteiger partial charge in [-0.2, -0.15) is 4.72 Å². The zero-order valence-electron chi connectivity index (χ0n) is 15.8. The van der Waals surface area contributed by atoms with Crippen LogP contribution in [0.4, 0.5) is 5.69 Å².